The van der Waals surface area contributed by atoms with Gasteiger partial charge in [-0.25, -0.2) is 0 Å². The monoisotopic (exact) mass is 261 g/mol. The van der Waals surface area contributed by atoms with Crippen molar-refractivity contribution < 1.29 is 14.7 Å². The molecule has 5 heteroatoms. The van der Waals surface area contributed by atoms with E-state index < -0.39 is 5.97 Å². The first-order valence-electron chi connectivity index (χ1n) is 5.97. The molecule has 0 aliphatic heterocycles. The van der Waals surface area contributed by atoms with Crippen LogP contribution in [0.3, 0.4) is 0 Å². The van der Waals surface area contributed by atoms with Crippen LogP contribution in [0.2, 0.25) is 0 Å². The van der Waals surface area contributed by atoms with Crippen molar-refractivity contribution in [3.8, 4) is 0 Å². The topological polar surface area (TPSA) is 66.4 Å². The maximum absolute atomic E-state index is 11.7. The number of amides is 1. The number of hydrogen-bond acceptors (Lipinski definition) is 3. The smallest absolute Gasteiger partial charge is 0.304 e. The van der Waals surface area contributed by atoms with Gasteiger partial charge in [0.05, 0.1) is 11.7 Å². The van der Waals surface area contributed by atoms with Crippen LogP contribution >= 0.6 is 11.8 Å². The molecule has 0 aliphatic carbocycles. The number of thioether (sulfide) groups is 1. The molecular formula is C12H23NO3S. The Hall–Kier alpha value is -0.710. The Bertz CT molecular complexity index is 256. The van der Waals surface area contributed by atoms with Crippen LogP contribution in [-0.2, 0) is 9.59 Å². The SMILES string of the molecule is CC(C)CCNC(=O)C(C)SC(C)CC(=O)O. The van der Waals surface area contributed by atoms with E-state index in [1.54, 1.807) is 0 Å². The summed E-state index contributed by atoms with van der Waals surface area (Å²) in [4.78, 5) is 22.2. The van der Waals surface area contributed by atoms with Crippen LogP contribution < -0.4 is 5.32 Å². The summed E-state index contributed by atoms with van der Waals surface area (Å²) in [6.07, 6.45) is 1.06. The average molecular weight is 261 g/mol. The van der Waals surface area contributed by atoms with E-state index in [1.807, 2.05) is 13.8 Å². The standard InChI is InChI=1S/C12H23NO3S/c1-8(2)5-6-13-12(16)10(4)17-9(3)7-11(14)15/h8-10H,5-7H2,1-4H3,(H,13,16)(H,14,15). The zero-order valence-corrected chi connectivity index (χ0v) is 11.8. The quantitative estimate of drug-likeness (QED) is 0.702. The number of carbonyl (C=O) groups excluding carboxylic acids is 1. The normalized spacial score (nSPS) is 14.4. The van der Waals surface area contributed by atoms with Crippen LogP contribution in [0.15, 0.2) is 0 Å². The summed E-state index contributed by atoms with van der Waals surface area (Å²) in [5.74, 6) is -0.255. The Balaban J connectivity index is 3.84. The van der Waals surface area contributed by atoms with Crippen molar-refractivity contribution in [2.45, 2.75) is 51.0 Å². The van der Waals surface area contributed by atoms with Gasteiger partial charge in [0, 0.05) is 11.8 Å². The molecule has 100 valence electrons. The second-order valence-electron chi connectivity index (χ2n) is 4.66. The molecular weight excluding hydrogens is 238 g/mol. The Morgan fingerprint density at radius 1 is 1.24 bits per heavy atom. The summed E-state index contributed by atoms with van der Waals surface area (Å²) in [7, 11) is 0. The highest BCUT2D eigenvalue weighted by Gasteiger charge is 2.18. The van der Waals surface area contributed by atoms with Gasteiger partial charge in [-0.1, -0.05) is 20.8 Å². The summed E-state index contributed by atoms with van der Waals surface area (Å²) in [6.45, 7) is 8.55. The van der Waals surface area contributed by atoms with Gasteiger partial charge in [0.15, 0.2) is 0 Å². The molecule has 0 rings (SSSR count). The van der Waals surface area contributed by atoms with Crippen molar-refractivity contribution in [2.75, 3.05) is 6.54 Å². The Kier molecular flexibility index (Phi) is 8.04. The lowest BCUT2D eigenvalue weighted by Gasteiger charge is -2.16. The van der Waals surface area contributed by atoms with Gasteiger partial charge in [-0.15, -0.1) is 11.8 Å². The molecule has 0 fully saturated rings. The van der Waals surface area contributed by atoms with Crippen molar-refractivity contribution in [1.82, 2.24) is 5.32 Å². The average Bonchev–Trinajstić information content (AvgIpc) is 2.15. The van der Waals surface area contributed by atoms with Gasteiger partial charge in [-0.3, -0.25) is 9.59 Å². The van der Waals surface area contributed by atoms with Gasteiger partial charge >= 0.3 is 5.97 Å². The summed E-state index contributed by atoms with van der Waals surface area (Å²) < 4.78 is 0. The minimum atomic E-state index is -0.822. The molecule has 0 saturated carbocycles. The zero-order valence-electron chi connectivity index (χ0n) is 11.0. The van der Waals surface area contributed by atoms with E-state index in [-0.39, 0.29) is 22.8 Å². The molecule has 17 heavy (non-hydrogen) atoms. The van der Waals surface area contributed by atoms with E-state index in [0.717, 1.165) is 6.42 Å². The molecule has 0 bridgehead atoms. The molecule has 1 amide bonds. The van der Waals surface area contributed by atoms with Crippen LogP contribution in [0.1, 0.15) is 40.5 Å². The van der Waals surface area contributed by atoms with E-state index in [0.29, 0.717) is 12.5 Å². The molecule has 0 aliphatic rings. The second kappa shape index (κ2) is 8.39. The molecule has 0 saturated heterocycles. The molecule has 2 unspecified atom stereocenters. The predicted octanol–water partition coefficient (Wildman–Crippen LogP) is 2.13. The second-order valence-corrected chi connectivity index (χ2v) is 6.44. The first-order chi connectivity index (χ1) is 7.82. The molecule has 0 spiro atoms. The van der Waals surface area contributed by atoms with Gasteiger partial charge in [0.1, 0.15) is 0 Å². The van der Waals surface area contributed by atoms with E-state index in [9.17, 15) is 9.59 Å². The molecule has 0 aromatic rings. The molecule has 0 aromatic carbocycles. The fraction of sp³-hybridized carbons (Fsp3) is 0.833. The zero-order chi connectivity index (χ0) is 13.4. The molecule has 0 heterocycles. The van der Waals surface area contributed by atoms with Gasteiger partial charge in [-0.2, -0.15) is 0 Å². The summed E-state index contributed by atoms with van der Waals surface area (Å²) >= 11 is 1.40. The lowest BCUT2D eigenvalue weighted by molar-refractivity contribution is -0.136. The van der Waals surface area contributed by atoms with E-state index in [1.165, 1.54) is 11.8 Å². The summed E-state index contributed by atoms with van der Waals surface area (Å²) in [6, 6.07) is 0. The van der Waals surface area contributed by atoms with Crippen LogP contribution in [0.4, 0.5) is 0 Å². The largest absolute Gasteiger partial charge is 0.481 e. The number of nitrogens with one attached hydrogen (secondary N) is 1. The van der Waals surface area contributed by atoms with Gasteiger partial charge < -0.3 is 10.4 Å². The highest BCUT2D eigenvalue weighted by Crippen LogP contribution is 2.20. The molecule has 0 radical (unpaired) electrons. The fourth-order valence-electron chi connectivity index (χ4n) is 1.33. The third-order valence-electron chi connectivity index (χ3n) is 2.29. The summed E-state index contributed by atoms with van der Waals surface area (Å²) in [5, 5.41) is 11.2. The van der Waals surface area contributed by atoms with Crippen molar-refractivity contribution in [3.63, 3.8) is 0 Å². The summed E-state index contributed by atoms with van der Waals surface area (Å²) in [5.41, 5.74) is 0. The van der Waals surface area contributed by atoms with Gasteiger partial charge in [0.25, 0.3) is 0 Å². The molecule has 2 atom stereocenters. The van der Waals surface area contributed by atoms with Crippen molar-refractivity contribution >= 4 is 23.6 Å². The van der Waals surface area contributed by atoms with Crippen molar-refractivity contribution in [2.24, 2.45) is 5.92 Å². The fourth-order valence-corrected chi connectivity index (χ4v) is 2.47. The third kappa shape index (κ3) is 9.03. The van der Waals surface area contributed by atoms with E-state index >= 15 is 0 Å². The Labute approximate surface area is 108 Å². The van der Waals surface area contributed by atoms with E-state index in [2.05, 4.69) is 19.2 Å². The highest BCUT2D eigenvalue weighted by molar-refractivity contribution is 8.01. The minimum Gasteiger partial charge on any atom is -0.481 e. The lowest BCUT2D eigenvalue weighted by Crippen LogP contribution is -2.33. The van der Waals surface area contributed by atoms with Crippen molar-refractivity contribution in [1.29, 1.82) is 0 Å². The first-order valence-corrected chi connectivity index (χ1v) is 6.92. The number of carboxylic acids is 1. The Morgan fingerprint density at radius 3 is 2.29 bits per heavy atom. The predicted molar refractivity (Wildman–Crippen MR) is 71.2 cm³/mol. The maximum atomic E-state index is 11.7. The number of carboxylic acid groups (broad SMARTS) is 1. The van der Waals surface area contributed by atoms with Crippen LogP contribution in [0, 0.1) is 5.92 Å². The number of rotatable bonds is 8. The number of carbonyl (C=O) groups is 2. The van der Waals surface area contributed by atoms with Crippen LogP contribution in [0.25, 0.3) is 0 Å². The molecule has 4 nitrogen and oxygen atoms in total. The van der Waals surface area contributed by atoms with Gasteiger partial charge in [0.2, 0.25) is 5.91 Å². The molecule has 0 aromatic heterocycles. The van der Waals surface area contributed by atoms with Crippen molar-refractivity contribution in [3.05, 3.63) is 0 Å². The number of hydrogen-bond donors (Lipinski definition) is 2. The molecule has 2 N–H and O–H groups in total. The minimum absolute atomic E-state index is 0.00658. The van der Waals surface area contributed by atoms with Crippen LogP contribution in [-0.4, -0.2) is 34.0 Å². The third-order valence-corrected chi connectivity index (χ3v) is 3.54. The van der Waals surface area contributed by atoms with Crippen LogP contribution in [0.5, 0.6) is 0 Å². The lowest BCUT2D eigenvalue weighted by atomic mass is 10.1. The number of aliphatic carboxylic acids is 1. The van der Waals surface area contributed by atoms with E-state index in [4.69, 9.17) is 5.11 Å². The Morgan fingerprint density at radius 2 is 1.82 bits per heavy atom. The van der Waals surface area contributed by atoms with Gasteiger partial charge in [-0.05, 0) is 19.3 Å². The highest BCUT2D eigenvalue weighted by atomic mass is 32.2. The maximum Gasteiger partial charge on any atom is 0.304 e. The first kappa shape index (κ1) is 16.3.